The molecule has 0 aromatic heterocycles. The molecule has 178 valence electrons. The first kappa shape index (κ1) is 25.1. The molecule has 0 atom stereocenters. The van der Waals surface area contributed by atoms with Gasteiger partial charge in [0.2, 0.25) is 0 Å². The highest BCUT2D eigenvalue weighted by Gasteiger charge is 2.28. The summed E-state index contributed by atoms with van der Waals surface area (Å²) in [6.07, 6.45) is 2.60. The van der Waals surface area contributed by atoms with Crippen LogP contribution in [0.5, 0.6) is 5.75 Å². The third-order valence-corrected chi connectivity index (χ3v) is 6.83. The highest BCUT2D eigenvalue weighted by atomic mass is 32.2. The monoisotopic (exact) mass is 479 g/mol. The molecule has 0 aliphatic heterocycles. The molecule has 3 aromatic carbocycles. The highest BCUT2D eigenvalue weighted by molar-refractivity contribution is 7.92. The molecular formula is C27H29NO5S. The number of hydrogen-bond acceptors (Lipinski definition) is 4. The number of sulfonamides is 1. The normalized spacial score (nSPS) is 11.6. The molecule has 0 aliphatic carbocycles. The first-order chi connectivity index (χ1) is 16.2. The molecule has 0 aliphatic rings. The summed E-state index contributed by atoms with van der Waals surface area (Å²) < 4.78 is 34.6. The molecular weight excluding hydrogens is 450 g/mol. The van der Waals surface area contributed by atoms with Crippen molar-refractivity contribution in [2.24, 2.45) is 5.92 Å². The molecule has 0 amide bonds. The van der Waals surface area contributed by atoms with E-state index in [0.29, 0.717) is 18.0 Å². The Hall–Kier alpha value is -3.58. The molecule has 0 heterocycles. The number of benzene rings is 3. The number of carbonyl (C=O) groups is 1. The van der Waals surface area contributed by atoms with Crippen molar-refractivity contribution in [3.05, 3.63) is 95.6 Å². The van der Waals surface area contributed by atoms with Crippen LogP contribution >= 0.6 is 0 Å². The van der Waals surface area contributed by atoms with Crippen LogP contribution in [0.15, 0.2) is 83.8 Å². The second kappa shape index (κ2) is 11.0. The van der Waals surface area contributed by atoms with Gasteiger partial charge in [-0.05, 0) is 59.9 Å². The van der Waals surface area contributed by atoms with Gasteiger partial charge in [-0.15, -0.1) is 0 Å². The molecule has 3 rings (SSSR count). The van der Waals surface area contributed by atoms with Gasteiger partial charge >= 0.3 is 5.97 Å². The summed E-state index contributed by atoms with van der Waals surface area (Å²) in [5, 5.41) is 8.76. The van der Waals surface area contributed by atoms with Crippen LogP contribution in [0.1, 0.15) is 30.5 Å². The lowest BCUT2D eigenvalue weighted by Crippen LogP contribution is -2.34. The van der Waals surface area contributed by atoms with Gasteiger partial charge in [0.1, 0.15) is 12.4 Å². The summed E-state index contributed by atoms with van der Waals surface area (Å²) in [5.41, 5.74) is 3.08. The number of ether oxygens (including phenoxy) is 1. The van der Waals surface area contributed by atoms with Crippen molar-refractivity contribution < 1.29 is 23.1 Å². The van der Waals surface area contributed by atoms with Gasteiger partial charge in [0, 0.05) is 12.6 Å². The Morgan fingerprint density at radius 2 is 1.71 bits per heavy atom. The smallest absolute Gasteiger partial charge is 0.328 e. The Kier molecular flexibility index (Phi) is 8.12. The summed E-state index contributed by atoms with van der Waals surface area (Å²) in [5.74, 6) is -0.426. The molecule has 1 N–H and O–H groups in total. The third-order valence-electron chi connectivity index (χ3n) is 5.04. The van der Waals surface area contributed by atoms with Gasteiger partial charge in [0.15, 0.2) is 0 Å². The number of anilines is 1. The zero-order chi connectivity index (χ0) is 24.7. The van der Waals surface area contributed by atoms with E-state index >= 15 is 0 Å². The number of rotatable bonds is 10. The molecule has 0 radical (unpaired) electrons. The molecule has 0 bridgehead atoms. The number of carboxylic acids is 1. The SMILES string of the molecule is Cc1ccc(N(CC(C)C)S(=O)(=O)c2ccccc2)c(OCc2ccc(C=CC(=O)O)cc2)c1. The van der Waals surface area contributed by atoms with E-state index in [1.165, 1.54) is 10.4 Å². The highest BCUT2D eigenvalue weighted by Crippen LogP contribution is 2.34. The predicted molar refractivity (Wildman–Crippen MR) is 134 cm³/mol. The Balaban J connectivity index is 1.91. The van der Waals surface area contributed by atoms with E-state index in [1.54, 1.807) is 48.5 Å². The summed E-state index contributed by atoms with van der Waals surface area (Å²) >= 11 is 0. The summed E-state index contributed by atoms with van der Waals surface area (Å²) in [6.45, 7) is 6.42. The maximum Gasteiger partial charge on any atom is 0.328 e. The second-order valence-corrected chi connectivity index (χ2v) is 10.3. The number of nitrogens with zero attached hydrogens (tertiary/aromatic N) is 1. The fourth-order valence-corrected chi connectivity index (χ4v) is 5.03. The first-order valence-corrected chi connectivity index (χ1v) is 12.4. The van der Waals surface area contributed by atoms with E-state index in [1.807, 2.05) is 45.0 Å². The third kappa shape index (κ3) is 6.48. The molecule has 7 heteroatoms. The van der Waals surface area contributed by atoms with E-state index in [-0.39, 0.29) is 17.4 Å². The maximum atomic E-state index is 13.5. The van der Waals surface area contributed by atoms with Crippen LogP contribution in [0.3, 0.4) is 0 Å². The molecule has 0 fully saturated rings. The summed E-state index contributed by atoms with van der Waals surface area (Å²) in [4.78, 5) is 10.9. The lowest BCUT2D eigenvalue weighted by atomic mass is 10.1. The van der Waals surface area contributed by atoms with E-state index in [2.05, 4.69) is 0 Å². The van der Waals surface area contributed by atoms with Crippen LogP contribution < -0.4 is 9.04 Å². The Labute approximate surface area is 201 Å². The van der Waals surface area contributed by atoms with E-state index < -0.39 is 16.0 Å². The topological polar surface area (TPSA) is 83.9 Å². The van der Waals surface area contributed by atoms with Crippen molar-refractivity contribution in [3.8, 4) is 5.75 Å². The van der Waals surface area contributed by atoms with Crippen LogP contribution in [-0.4, -0.2) is 26.0 Å². The van der Waals surface area contributed by atoms with Crippen molar-refractivity contribution in [2.75, 3.05) is 10.8 Å². The van der Waals surface area contributed by atoms with Crippen molar-refractivity contribution in [1.29, 1.82) is 0 Å². The molecule has 6 nitrogen and oxygen atoms in total. The minimum absolute atomic E-state index is 0.0963. The van der Waals surface area contributed by atoms with Crippen molar-refractivity contribution >= 4 is 27.8 Å². The van der Waals surface area contributed by atoms with Crippen molar-refractivity contribution in [1.82, 2.24) is 0 Å². The lowest BCUT2D eigenvalue weighted by Gasteiger charge is -2.28. The standard InChI is InChI=1S/C27H29NO5S/c1-20(2)18-28(34(31,32)24-7-5-4-6-8-24)25-15-9-21(3)17-26(25)33-19-23-12-10-22(11-13-23)14-16-27(29)30/h4-17,20H,18-19H2,1-3H3,(H,29,30). The Bertz CT molecular complexity index is 1250. The molecule has 0 saturated carbocycles. The summed E-state index contributed by atoms with van der Waals surface area (Å²) in [7, 11) is -3.79. The molecule has 0 saturated heterocycles. The van der Waals surface area contributed by atoms with Gasteiger partial charge in [-0.1, -0.05) is 62.4 Å². The molecule has 0 unspecified atom stereocenters. The van der Waals surface area contributed by atoms with Crippen molar-refractivity contribution in [2.45, 2.75) is 32.3 Å². The van der Waals surface area contributed by atoms with Gasteiger partial charge in [-0.2, -0.15) is 0 Å². The van der Waals surface area contributed by atoms with Crippen LogP contribution in [-0.2, 0) is 21.4 Å². The number of hydrogen-bond donors (Lipinski definition) is 1. The van der Waals surface area contributed by atoms with Gasteiger partial charge in [-0.3, -0.25) is 4.31 Å². The minimum Gasteiger partial charge on any atom is -0.487 e. The van der Waals surface area contributed by atoms with Gasteiger partial charge < -0.3 is 9.84 Å². The average molecular weight is 480 g/mol. The Morgan fingerprint density at radius 1 is 1.03 bits per heavy atom. The zero-order valence-corrected chi connectivity index (χ0v) is 20.3. The molecule has 3 aromatic rings. The predicted octanol–water partition coefficient (Wildman–Crippen LogP) is 5.52. The van der Waals surface area contributed by atoms with Crippen LogP contribution in [0.4, 0.5) is 5.69 Å². The first-order valence-electron chi connectivity index (χ1n) is 11.0. The molecule has 0 spiro atoms. The Morgan fingerprint density at radius 3 is 2.32 bits per heavy atom. The maximum absolute atomic E-state index is 13.5. The fourth-order valence-electron chi connectivity index (χ4n) is 3.37. The quantitative estimate of drug-likeness (QED) is 0.387. The zero-order valence-electron chi connectivity index (χ0n) is 19.5. The van der Waals surface area contributed by atoms with Gasteiger partial charge in [-0.25, -0.2) is 13.2 Å². The van der Waals surface area contributed by atoms with E-state index in [9.17, 15) is 13.2 Å². The van der Waals surface area contributed by atoms with Crippen molar-refractivity contribution in [3.63, 3.8) is 0 Å². The van der Waals surface area contributed by atoms with E-state index in [0.717, 1.165) is 22.8 Å². The van der Waals surface area contributed by atoms with Crippen LogP contribution in [0.2, 0.25) is 0 Å². The van der Waals surface area contributed by atoms with E-state index in [4.69, 9.17) is 9.84 Å². The number of aryl methyl sites for hydroxylation is 1. The summed E-state index contributed by atoms with van der Waals surface area (Å²) in [6, 6.07) is 21.2. The average Bonchev–Trinajstić information content (AvgIpc) is 2.81. The van der Waals surface area contributed by atoms with Crippen LogP contribution in [0.25, 0.3) is 6.08 Å². The lowest BCUT2D eigenvalue weighted by molar-refractivity contribution is -0.131. The van der Waals surface area contributed by atoms with Gasteiger partial charge in [0.25, 0.3) is 10.0 Å². The second-order valence-electron chi connectivity index (χ2n) is 8.42. The van der Waals surface area contributed by atoms with Gasteiger partial charge in [0.05, 0.1) is 10.6 Å². The fraction of sp³-hybridized carbons (Fsp3) is 0.222. The van der Waals surface area contributed by atoms with Crippen LogP contribution in [0, 0.1) is 12.8 Å². The number of carboxylic acid groups (broad SMARTS) is 1. The number of aliphatic carboxylic acids is 1. The largest absolute Gasteiger partial charge is 0.487 e. The minimum atomic E-state index is -3.79. The molecule has 34 heavy (non-hydrogen) atoms.